The highest BCUT2D eigenvalue weighted by Crippen LogP contribution is 2.17. The van der Waals surface area contributed by atoms with Crippen molar-refractivity contribution in [3.8, 4) is 11.6 Å². The van der Waals surface area contributed by atoms with E-state index >= 15 is 0 Å². The second-order valence-corrected chi connectivity index (χ2v) is 3.35. The van der Waals surface area contributed by atoms with Crippen molar-refractivity contribution in [3.05, 3.63) is 18.1 Å². The zero-order valence-corrected chi connectivity index (χ0v) is 8.71. The maximum atomic E-state index is 5.78. The number of aryl methyl sites for hydroxylation is 1. The highest BCUT2D eigenvalue weighted by molar-refractivity contribution is 5.44. The van der Waals surface area contributed by atoms with Gasteiger partial charge in [-0.05, 0) is 12.5 Å². The Balaban J connectivity index is 2.27. The summed E-state index contributed by atoms with van der Waals surface area (Å²) in [6.07, 6.45) is 2.60. The number of nitrogens with two attached hydrogens (primary N) is 1. The highest BCUT2D eigenvalue weighted by atomic mass is 16.5. The van der Waals surface area contributed by atoms with Crippen molar-refractivity contribution in [2.45, 2.75) is 19.4 Å². The predicted octanol–water partition coefficient (Wildman–Crippen LogP) is 0.880. The molecule has 2 aromatic heterocycles. The first-order valence-corrected chi connectivity index (χ1v) is 4.80. The van der Waals surface area contributed by atoms with Crippen LogP contribution in [0.15, 0.2) is 16.8 Å². The molecule has 1 unspecified atom stereocenters. The second-order valence-electron chi connectivity index (χ2n) is 3.35. The van der Waals surface area contributed by atoms with Gasteiger partial charge in [0.15, 0.2) is 11.5 Å². The van der Waals surface area contributed by atoms with Crippen LogP contribution in [0.25, 0.3) is 11.6 Å². The zero-order chi connectivity index (χ0) is 10.8. The average molecular weight is 207 g/mol. The Morgan fingerprint density at radius 3 is 3.00 bits per heavy atom. The Hall–Kier alpha value is -1.69. The SMILES string of the molecule is CCC(N)c1noc(-c2ccn(C)n2)n1. The minimum absolute atomic E-state index is 0.175. The van der Waals surface area contributed by atoms with Gasteiger partial charge < -0.3 is 10.3 Å². The van der Waals surface area contributed by atoms with Crippen LogP contribution in [-0.4, -0.2) is 19.9 Å². The van der Waals surface area contributed by atoms with Gasteiger partial charge in [-0.2, -0.15) is 10.1 Å². The Labute approximate surface area is 87.1 Å². The maximum absolute atomic E-state index is 5.78. The molecule has 0 radical (unpaired) electrons. The molecule has 0 saturated carbocycles. The van der Waals surface area contributed by atoms with E-state index in [0.717, 1.165) is 6.42 Å². The van der Waals surface area contributed by atoms with Gasteiger partial charge in [-0.3, -0.25) is 4.68 Å². The van der Waals surface area contributed by atoms with Crippen molar-refractivity contribution in [2.75, 3.05) is 0 Å². The standard InChI is InChI=1S/C9H13N5O/c1-3-6(10)8-11-9(15-13-8)7-4-5-14(2)12-7/h4-6H,3,10H2,1-2H3. The maximum Gasteiger partial charge on any atom is 0.278 e. The average Bonchev–Trinajstić information content (AvgIpc) is 2.84. The molecule has 0 aliphatic carbocycles. The molecule has 1 atom stereocenters. The van der Waals surface area contributed by atoms with Gasteiger partial charge in [0.05, 0.1) is 6.04 Å². The van der Waals surface area contributed by atoms with Crippen molar-refractivity contribution >= 4 is 0 Å². The molecule has 15 heavy (non-hydrogen) atoms. The summed E-state index contributed by atoms with van der Waals surface area (Å²) in [5.41, 5.74) is 6.45. The molecule has 2 N–H and O–H groups in total. The lowest BCUT2D eigenvalue weighted by molar-refractivity contribution is 0.413. The van der Waals surface area contributed by atoms with Crippen LogP contribution in [0.2, 0.25) is 0 Å². The van der Waals surface area contributed by atoms with E-state index in [2.05, 4.69) is 15.2 Å². The fourth-order valence-corrected chi connectivity index (χ4v) is 1.20. The Kier molecular flexibility index (Phi) is 2.51. The summed E-state index contributed by atoms with van der Waals surface area (Å²) >= 11 is 0. The number of rotatable bonds is 3. The Bertz CT molecular complexity index is 447. The summed E-state index contributed by atoms with van der Waals surface area (Å²) in [5, 5.41) is 7.97. The Morgan fingerprint density at radius 2 is 2.40 bits per heavy atom. The van der Waals surface area contributed by atoms with Crippen LogP contribution < -0.4 is 5.73 Å². The van der Waals surface area contributed by atoms with Crippen LogP contribution in [0.4, 0.5) is 0 Å². The number of nitrogens with zero attached hydrogens (tertiary/aromatic N) is 4. The van der Waals surface area contributed by atoms with E-state index in [1.807, 2.05) is 26.2 Å². The predicted molar refractivity (Wildman–Crippen MR) is 53.7 cm³/mol. The molecule has 80 valence electrons. The fourth-order valence-electron chi connectivity index (χ4n) is 1.20. The summed E-state index contributed by atoms with van der Waals surface area (Å²) in [4.78, 5) is 4.19. The van der Waals surface area contributed by atoms with Crippen molar-refractivity contribution in [3.63, 3.8) is 0 Å². The van der Waals surface area contributed by atoms with Gasteiger partial charge in [-0.15, -0.1) is 0 Å². The molecule has 0 amide bonds. The summed E-state index contributed by atoms with van der Waals surface area (Å²) in [6.45, 7) is 1.97. The topological polar surface area (TPSA) is 82.8 Å². The molecular formula is C9H13N5O. The first kappa shape index (κ1) is 9.85. The third-order valence-electron chi connectivity index (χ3n) is 2.15. The van der Waals surface area contributed by atoms with Crippen molar-refractivity contribution in [1.82, 2.24) is 19.9 Å². The van der Waals surface area contributed by atoms with E-state index in [0.29, 0.717) is 17.4 Å². The minimum Gasteiger partial charge on any atom is -0.332 e. The molecule has 0 bridgehead atoms. The third-order valence-corrected chi connectivity index (χ3v) is 2.15. The molecule has 0 spiro atoms. The summed E-state index contributed by atoms with van der Waals surface area (Å²) in [5.74, 6) is 0.938. The van der Waals surface area contributed by atoms with Crippen LogP contribution in [0.5, 0.6) is 0 Å². The van der Waals surface area contributed by atoms with E-state index in [-0.39, 0.29) is 6.04 Å². The van der Waals surface area contributed by atoms with Crippen LogP contribution in [0.3, 0.4) is 0 Å². The molecule has 0 saturated heterocycles. The summed E-state index contributed by atoms with van der Waals surface area (Å²) in [6, 6.07) is 1.64. The van der Waals surface area contributed by atoms with E-state index in [1.165, 1.54) is 0 Å². The molecule has 0 aliphatic rings. The Morgan fingerprint density at radius 1 is 1.60 bits per heavy atom. The third kappa shape index (κ3) is 1.89. The lowest BCUT2D eigenvalue weighted by Crippen LogP contribution is -2.10. The molecule has 2 aromatic rings. The first-order chi connectivity index (χ1) is 7.20. The molecule has 0 fully saturated rings. The molecule has 0 aromatic carbocycles. The number of hydrogen-bond acceptors (Lipinski definition) is 5. The van der Waals surface area contributed by atoms with Gasteiger partial charge in [0.25, 0.3) is 5.89 Å². The van der Waals surface area contributed by atoms with Gasteiger partial charge in [0.1, 0.15) is 0 Å². The summed E-state index contributed by atoms with van der Waals surface area (Å²) in [7, 11) is 1.83. The highest BCUT2D eigenvalue weighted by Gasteiger charge is 2.14. The quantitative estimate of drug-likeness (QED) is 0.807. The molecular weight excluding hydrogens is 194 g/mol. The second kappa shape index (κ2) is 3.82. The number of aromatic nitrogens is 4. The van der Waals surface area contributed by atoms with Gasteiger partial charge in [0.2, 0.25) is 0 Å². The molecule has 2 heterocycles. The van der Waals surface area contributed by atoms with Crippen molar-refractivity contribution in [1.29, 1.82) is 0 Å². The lowest BCUT2D eigenvalue weighted by atomic mass is 10.2. The van der Waals surface area contributed by atoms with Crippen LogP contribution in [0, 0.1) is 0 Å². The molecule has 6 nitrogen and oxygen atoms in total. The van der Waals surface area contributed by atoms with Crippen molar-refractivity contribution < 1.29 is 4.52 Å². The van der Waals surface area contributed by atoms with E-state index in [4.69, 9.17) is 10.3 Å². The summed E-state index contributed by atoms with van der Waals surface area (Å²) < 4.78 is 6.75. The van der Waals surface area contributed by atoms with E-state index in [9.17, 15) is 0 Å². The lowest BCUT2D eigenvalue weighted by Gasteiger charge is -1.98. The largest absolute Gasteiger partial charge is 0.332 e. The van der Waals surface area contributed by atoms with E-state index in [1.54, 1.807) is 4.68 Å². The van der Waals surface area contributed by atoms with Crippen molar-refractivity contribution in [2.24, 2.45) is 12.8 Å². The van der Waals surface area contributed by atoms with Gasteiger partial charge in [-0.1, -0.05) is 12.1 Å². The monoisotopic (exact) mass is 207 g/mol. The smallest absolute Gasteiger partial charge is 0.278 e. The van der Waals surface area contributed by atoms with Crippen LogP contribution >= 0.6 is 0 Å². The molecule has 6 heteroatoms. The van der Waals surface area contributed by atoms with Crippen LogP contribution in [-0.2, 0) is 7.05 Å². The number of hydrogen-bond donors (Lipinski definition) is 1. The normalized spacial score (nSPS) is 13.0. The fraction of sp³-hybridized carbons (Fsp3) is 0.444. The first-order valence-electron chi connectivity index (χ1n) is 4.80. The van der Waals surface area contributed by atoms with Gasteiger partial charge >= 0.3 is 0 Å². The van der Waals surface area contributed by atoms with E-state index < -0.39 is 0 Å². The van der Waals surface area contributed by atoms with Gasteiger partial charge in [0, 0.05) is 13.2 Å². The minimum atomic E-state index is -0.175. The zero-order valence-electron chi connectivity index (χ0n) is 8.71. The van der Waals surface area contributed by atoms with Gasteiger partial charge in [-0.25, -0.2) is 0 Å². The molecule has 0 aliphatic heterocycles. The molecule has 2 rings (SSSR count). The van der Waals surface area contributed by atoms with Crippen LogP contribution in [0.1, 0.15) is 25.2 Å².